The van der Waals surface area contributed by atoms with Crippen molar-refractivity contribution >= 4 is 23.3 Å². The summed E-state index contributed by atoms with van der Waals surface area (Å²) in [6.07, 6.45) is 0. The molecule has 2 aromatic rings. The van der Waals surface area contributed by atoms with Gasteiger partial charge in [0.05, 0.1) is 38.1 Å². The van der Waals surface area contributed by atoms with Gasteiger partial charge in [0.15, 0.2) is 0 Å². The van der Waals surface area contributed by atoms with E-state index >= 15 is 0 Å². The first-order chi connectivity index (χ1) is 12.4. The number of urea groups is 1. The van der Waals surface area contributed by atoms with Crippen LogP contribution in [0.5, 0.6) is 17.2 Å². The molecular weight excluding hydrogens is 356 g/mol. The van der Waals surface area contributed by atoms with Crippen LogP contribution in [0.4, 0.5) is 10.5 Å². The molecule has 140 valence electrons. The second kappa shape index (κ2) is 8.67. The number of methoxy groups -OCH3 is 3. The molecule has 0 spiro atoms. The summed E-state index contributed by atoms with van der Waals surface area (Å²) >= 11 is 6.08. The third-order valence-corrected chi connectivity index (χ3v) is 4.22. The third-order valence-electron chi connectivity index (χ3n) is 3.92. The van der Waals surface area contributed by atoms with Gasteiger partial charge in [-0.05, 0) is 19.9 Å². The number of carbonyl (C=O) groups excluding carboxylic acids is 1. The minimum atomic E-state index is -0.385. The number of carbonyl (C=O) groups is 1. The molecule has 26 heavy (non-hydrogen) atoms. The molecule has 0 aliphatic carbocycles. The second-order valence-corrected chi connectivity index (χ2v) is 6.16. The van der Waals surface area contributed by atoms with Crippen LogP contribution in [-0.4, -0.2) is 27.4 Å². The Balaban J connectivity index is 2.17. The molecular formula is C19H23ClN2O4. The summed E-state index contributed by atoms with van der Waals surface area (Å²) in [7, 11) is 4.61. The van der Waals surface area contributed by atoms with Crippen molar-refractivity contribution in [3.8, 4) is 17.2 Å². The van der Waals surface area contributed by atoms with Gasteiger partial charge in [0.2, 0.25) is 0 Å². The van der Waals surface area contributed by atoms with Crippen molar-refractivity contribution in [3.05, 3.63) is 46.5 Å². The van der Waals surface area contributed by atoms with E-state index in [-0.39, 0.29) is 12.1 Å². The molecule has 0 bridgehead atoms. The maximum Gasteiger partial charge on any atom is 0.319 e. The highest BCUT2D eigenvalue weighted by Crippen LogP contribution is 2.36. The number of rotatable bonds is 6. The zero-order valence-corrected chi connectivity index (χ0v) is 16.2. The van der Waals surface area contributed by atoms with Gasteiger partial charge in [0, 0.05) is 17.7 Å². The minimum Gasteiger partial charge on any atom is -0.496 e. The molecule has 0 saturated carbocycles. The lowest BCUT2D eigenvalue weighted by Crippen LogP contribution is -2.31. The number of hydrogen-bond donors (Lipinski definition) is 2. The van der Waals surface area contributed by atoms with Crippen molar-refractivity contribution in [2.45, 2.75) is 19.9 Å². The Kier molecular flexibility index (Phi) is 6.58. The van der Waals surface area contributed by atoms with Gasteiger partial charge in [-0.15, -0.1) is 0 Å². The van der Waals surface area contributed by atoms with Crippen LogP contribution in [0.1, 0.15) is 24.1 Å². The first kappa shape index (κ1) is 19.7. The number of aryl methyl sites for hydroxylation is 1. The average molecular weight is 379 g/mol. The van der Waals surface area contributed by atoms with E-state index in [2.05, 4.69) is 10.6 Å². The molecule has 0 fully saturated rings. The number of benzene rings is 2. The molecule has 0 saturated heterocycles. The quantitative estimate of drug-likeness (QED) is 0.773. The van der Waals surface area contributed by atoms with Crippen molar-refractivity contribution in [2.24, 2.45) is 0 Å². The maximum atomic E-state index is 12.4. The van der Waals surface area contributed by atoms with E-state index in [1.165, 1.54) is 14.2 Å². The van der Waals surface area contributed by atoms with E-state index in [0.717, 1.165) is 11.1 Å². The lowest BCUT2D eigenvalue weighted by Gasteiger charge is -2.19. The van der Waals surface area contributed by atoms with Crippen LogP contribution in [0, 0.1) is 6.92 Å². The van der Waals surface area contributed by atoms with Crippen molar-refractivity contribution in [2.75, 3.05) is 26.6 Å². The summed E-state index contributed by atoms with van der Waals surface area (Å²) in [5.74, 6) is 1.59. The normalized spacial score (nSPS) is 11.5. The highest BCUT2D eigenvalue weighted by Gasteiger charge is 2.17. The van der Waals surface area contributed by atoms with Crippen molar-refractivity contribution < 1.29 is 19.0 Å². The Morgan fingerprint density at radius 1 is 1.00 bits per heavy atom. The van der Waals surface area contributed by atoms with Gasteiger partial charge in [-0.1, -0.05) is 29.3 Å². The predicted molar refractivity (Wildman–Crippen MR) is 103 cm³/mol. The van der Waals surface area contributed by atoms with Gasteiger partial charge in [0.1, 0.15) is 17.2 Å². The molecule has 6 nitrogen and oxygen atoms in total. The summed E-state index contributed by atoms with van der Waals surface area (Å²) in [5, 5.41) is 6.05. The van der Waals surface area contributed by atoms with Crippen molar-refractivity contribution in [3.63, 3.8) is 0 Å². The lowest BCUT2D eigenvalue weighted by molar-refractivity contribution is 0.249. The molecule has 2 aromatic carbocycles. The van der Waals surface area contributed by atoms with E-state index < -0.39 is 0 Å². The summed E-state index contributed by atoms with van der Waals surface area (Å²) in [5.41, 5.74) is 2.43. The first-order valence-corrected chi connectivity index (χ1v) is 8.41. The molecule has 1 unspecified atom stereocenters. The van der Waals surface area contributed by atoms with Crippen LogP contribution in [0.25, 0.3) is 0 Å². The number of anilines is 1. The van der Waals surface area contributed by atoms with Crippen LogP contribution >= 0.6 is 11.6 Å². The Hall–Kier alpha value is -2.60. The SMILES string of the molecule is COc1cc(NC(=O)NC(C)c2cc(C)ccc2OC)c(OC)cc1Cl. The molecule has 0 heterocycles. The molecule has 2 amide bonds. The van der Waals surface area contributed by atoms with Crippen molar-refractivity contribution in [1.29, 1.82) is 0 Å². The lowest BCUT2D eigenvalue weighted by atomic mass is 10.0. The average Bonchev–Trinajstić information content (AvgIpc) is 2.62. The van der Waals surface area contributed by atoms with Gasteiger partial charge >= 0.3 is 6.03 Å². The monoisotopic (exact) mass is 378 g/mol. The first-order valence-electron chi connectivity index (χ1n) is 8.03. The molecule has 0 aromatic heterocycles. The zero-order valence-electron chi connectivity index (χ0n) is 15.5. The largest absolute Gasteiger partial charge is 0.496 e. The van der Waals surface area contributed by atoms with Crippen LogP contribution in [0.2, 0.25) is 5.02 Å². The second-order valence-electron chi connectivity index (χ2n) is 5.75. The fourth-order valence-electron chi connectivity index (χ4n) is 2.58. The van der Waals surface area contributed by atoms with Gasteiger partial charge in [-0.3, -0.25) is 0 Å². The zero-order chi connectivity index (χ0) is 19.3. The number of ether oxygens (including phenoxy) is 3. The summed E-state index contributed by atoms with van der Waals surface area (Å²) < 4.78 is 15.8. The third kappa shape index (κ3) is 4.52. The van der Waals surface area contributed by atoms with Gasteiger partial charge in [-0.2, -0.15) is 0 Å². The highest BCUT2D eigenvalue weighted by atomic mass is 35.5. The Morgan fingerprint density at radius 3 is 2.27 bits per heavy atom. The summed E-state index contributed by atoms with van der Waals surface area (Å²) in [6.45, 7) is 3.87. The van der Waals surface area contributed by atoms with Gasteiger partial charge in [-0.25, -0.2) is 4.79 Å². The molecule has 2 N–H and O–H groups in total. The molecule has 0 radical (unpaired) electrons. The summed E-state index contributed by atoms with van der Waals surface area (Å²) in [4.78, 5) is 12.4. The van der Waals surface area contributed by atoms with Crippen LogP contribution in [-0.2, 0) is 0 Å². The van der Waals surface area contributed by atoms with Gasteiger partial charge < -0.3 is 24.8 Å². The minimum absolute atomic E-state index is 0.259. The Morgan fingerprint density at radius 2 is 1.65 bits per heavy atom. The number of halogens is 1. The number of nitrogens with one attached hydrogen (secondary N) is 2. The molecule has 0 aliphatic rings. The van der Waals surface area contributed by atoms with E-state index in [0.29, 0.717) is 28.0 Å². The fourth-order valence-corrected chi connectivity index (χ4v) is 2.81. The molecule has 7 heteroatoms. The molecule has 2 rings (SSSR count). The number of hydrogen-bond acceptors (Lipinski definition) is 4. The topological polar surface area (TPSA) is 68.8 Å². The van der Waals surface area contributed by atoms with Gasteiger partial charge in [0.25, 0.3) is 0 Å². The molecule has 0 aliphatic heterocycles. The van der Waals surface area contributed by atoms with E-state index in [4.69, 9.17) is 25.8 Å². The van der Waals surface area contributed by atoms with E-state index in [1.54, 1.807) is 19.2 Å². The van der Waals surface area contributed by atoms with E-state index in [1.807, 2.05) is 32.0 Å². The van der Waals surface area contributed by atoms with Crippen LogP contribution < -0.4 is 24.8 Å². The van der Waals surface area contributed by atoms with Crippen molar-refractivity contribution in [1.82, 2.24) is 5.32 Å². The van der Waals surface area contributed by atoms with Crippen LogP contribution in [0.15, 0.2) is 30.3 Å². The van der Waals surface area contributed by atoms with Crippen LogP contribution in [0.3, 0.4) is 0 Å². The van der Waals surface area contributed by atoms with E-state index in [9.17, 15) is 4.79 Å². The highest BCUT2D eigenvalue weighted by molar-refractivity contribution is 6.32. The molecule has 1 atom stereocenters. The maximum absolute atomic E-state index is 12.4. The fraction of sp³-hybridized carbons (Fsp3) is 0.316. The Labute approximate surface area is 158 Å². The smallest absolute Gasteiger partial charge is 0.319 e. The standard InChI is InChI=1S/C19H23ClN2O4/c1-11-6-7-16(24-3)13(8-11)12(2)21-19(23)22-15-10-17(25-4)14(20)9-18(15)26-5/h6-10,12H,1-5H3,(H2,21,22,23). The Bertz CT molecular complexity index is 795. The predicted octanol–water partition coefficient (Wildman–Crippen LogP) is 4.56. The summed E-state index contributed by atoms with van der Waals surface area (Å²) in [6, 6.07) is 8.37. The number of amides is 2.